The zero-order valence-corrected chi connectivity index (χ0v) is 12.3. The van der Waals surface area contributed by atoms with E-state index in [0.717, 1.165) is 28.0 Å². The standard InChI is InChI=1S/C18H19N3/c1-12(2)13-4-3-5-15(10-13)21-18-8-9-20-17-7-6-14(19)11-16(17)18/h3-12H,19H2,1-2H3,(H,20,21). The molecule has 0 amide bonds. The van der Waals surface area contributed by atoms with Gasteiger partial charge in [-0.05, 0) is 47.9 Å². The summed E-state index contributed by atoms with van der Waals surface area (Å²) < 4.78 is 0. The number of nitrogens with two attached hydrogens (primary N) is 1. The number of fused-ring (bicyclic) bond motifs is 1. The third kappa shape index (κ3) is 2.82. The van der Waals surface area contributed by atoms with E-state index in [1.165, 1.54) is 5.56 Å². The molecule has 3 nitrogen and oxygen atoms in total. The van der Waals surface area contributed by atoms with E-state index in [9.17, 15) is 0 Å². The van der Waals surface area contributed by atoms with Crippen molar-refractivity contribution in [3.05, 3.63) is 60.3 Å². The SMILES string of the molecule is CC(C)c1cccc(Nc2ccnc3ccc(N)cc23)c1. The van der Waals surface area contributed by atoms with E-state index in [1.54, 1.807) is 0 Å². The molecule has 0 spiro atoms. The Morgan fingerprint density at radius 2 is 1.90 bits per heavy atom. The first-order chi connectivity index (χ1) is 10.1. The molecule has 3 heteroatoms. The lowest BCUT2D eigenvalue weighted by atomic mass is 10.0. The predicted octanol–water partition coefficient (Wildman–Crippen LogP) is 4.68. The molecule has 0 aliphatic carbocycles. The molecule has 0 radical (unpaired) electrons. The highest BCUT2D eigenvalue weighted by Crippen LogP contribution is 2.28. The minimum Gasteiger partial charge on any atom is -0.399 e. The molecule has 21 heavy (non-hydrogen) atoms. The lowest BCUT2D eigenvalue weighted by Crippen LogP contribution is -1.95. The Morgan fingerprint density at radius 3 is 2.71 bits per heavy atom. The van der Waals surface area contributed by atoms with Crippen LogP contribution < -0.4 is 11.1 Å². The van der Waals surface area contributed by atoms with Gasteiger partial charge in [0, 0.05) is 28.6 Å². The van der Waals surface area contributed by atoms with Crippen molar-refractivity contribution in [3.63, 3.8) is 0 Å². The number of pyridine rings is 1. The zero-order chi connectivity index (χ0) is 14.8. The number of nitrogens with zero attached hydrogens (tertiary/aromatic N) is 1. The summed E-state index contributed by atoms with van der Waals surface area (Å²) >= 11 is 0. The Hall–Kier alpha value is -2.55. The summed E-state index contributed by atoms with van der Waals surface area (Å²) in [5.41, 5.74) is 11.0. The van der Waals surface area contributed by atoms with Crippen molar-refractivity contribution in [1.82, 2.24) is 4.98 Å². The van der Waals surface area contributed by atoms with E-state index in [-0.39, 0.29) is 0 Å². The smallest absolute Gasteiger partial charge is 0.0724 e. The normalized spacial score (nSPS) is 11.0. The summed E-state index contributed by atoms with van der Waals surface area (Å²) in [6.45, 7) is 4.39. The van der Waals surface area contributed by atoms with Gasteiger partial charge in [-0.3, -0.25) is 4.98 Å². The maximum Gasteiger partial charge on any atom is 0.0724 e. The van der Waals surface area contributed by atoms with Gasteiger partial charge in [0.05, 0.1) is 5.52 Å². The van der Waals surface area contributed by atoms with Crippen LogP contribution in [0.15, 0.2) is 54.7 Å². The number of nitrogen functional groups attached to an aromatic ring is 1. The summed E-state index contributed by atoms with van der Waals surface area (Å²) in [6.07, 6.45) is 1.81. The quantitative estimate of drug-likeness (QED) is 0.683. The number of aromatic nitrogens is 1. The van der Waals surface area contributed by atoms with Crippen LogP contribution in [0.2, 0.25) is 0 Å². The summed E-state index contributed by atoms with van der Waals surface area (Å²) in [7, 11) is 0. The van der Waals surface area contributed by atoms with Crippen LogP contribution in [0, 0.1) is 0 Å². The van der Waals surface area contributed by atoms with Crippen LogP contribution in [0.5, 0.6) is 0 Å². The molecule has 1 heterocycles. The second kappa shape index (κ2) is 5.44. The van der Waals surface area contributed by atoms with Crippen LogP contribution in [-0.2, 0) is 0 Å². The summed E-state index contributed by atoms with van der Waals surface area (Å²) in [4.78, 5) is 4.37. The lowest BCUT2D eigenvalue weighted by molar-refractivity contribution is 0.867. The van der Waals surface area contributed by atoms with Crippen molar-refractivity contribution in [1.29, 1.82) is 0 Å². The fraction of sp³-hybridized carbons (Fsp3) is 0.167. The van der Waals surface area contributed by atoms with E-state index in [0.29, 0.717) is 5.92 Å². The molecular formula is C18H19N3. The highest BCUT2D eigenvalue weighted by Gasteiger charge is 2.05. The number of hydrogen-bond donors (Lipinski definition) is 2. The van der Waals surface area contributed by atoms with Crippen LogP contribution in [0.4, 0.5) is 17.1 Å². The maximum atomic E-state index is 5.89. The van der Waals surface area contributed by atoms with Crippen LogP contribution in [-0.4, -0.2) is 4.98 Å². The third-order valence-electron chi connectivity index (χ3n) is 3.60. The molecule has 0 atom stereocenters. The summed E-state index contributed by atoms with van der Waals surface area (Å²) in [6, 6.07) is 16.2. The largest absolute Gasteiger partial charge is 0.399 e. The fourth-order valence-electron chi connectivity index (χ4n) is 2.40. The lowest BCUT2D eigenvalue weighted by Gasteiger charge is -2.12. The van der Waals surface area contributed by atoms with E-state index < -0.39 is 0 Å². The van der Waals surface area contributed by atoms with Crippen LogP contribution in [0.1, 0.15) is 25.3 Å². The average molecular weight is 277 g/mol. The topological polar surface area (TPSA) is 50.9 Å². The van der Waals surface area contributed by atoms with Gasteiger partial charge in [0.1, 0.15) is 0 Å². The van der Waals surface area contributed by atoms with Gasteiger partial charge in [-0.15, -0.1) is 0 Å². The molecule has 106 valence electrons. The molecule has 0 bridgehead atoms. The molecule has 0 fully saturated rings. The Balaban J connectivity index is 2.02. The van der Waals surface area contributed by atoms with Gasteiger partial charge in [0.25, 0.3) is 0 Å². The van der Waals surface area contributed by atoms with Gasteiger partial charge < -0.3 is 11.1 Å². The van der Waals surface area contributed by atoms with Gasteiger partial charge in [0.2, 0.25) is 0 Å². The van der Waals surface area contributed by atoms with Gasteiger partial charge >= 0.3 is 0 Å². The molecule has 0 saturated carbocycles. The molecule has 3 aromatic rings. The number of rotatable bonds is 3. The van der Waals surface area contributed by atoms with Crippen molar-refractivity contribution in [2.75, 3.05) is 11.1 Å². The predicted molar refractivity (Wildman–Crippen MR) is 90.0 cm³/mol. The van der Waals surface area contributed by atoms with Gasteiger partial charge in [-0.25, -0.2) is 0 Å². The molecule has 0 aliphatic rings. The average Bonchev–Trinajstić information content (AvgIpc) is 2.48. The highest BCUT2D eigenvalue weighted by atomic mass is 14.9. The number of anilines is 3. The van der Waals surface area contributed by atoms with E-state index in [1.807, 2.05) is 30.5 Å². The second-order valence-electron chi connectivity index (χ2n) is 5.54. The molecule has 2 aromatic carbocycles. The van der Waals surface area contributed by atoms with Crippen molar-refractivity contribution < 1.29 is 0 Å². The fourth-order valence-corrected chi connectivity index (χ4v) is 2.40. The summed E-state index contributed by atoms with van der Waals surface area (Å²) in [5, 5.41) is 4.51. The monoisotopic (exact) mass is 277 g/mol. The van der Waals surface area contributed by atoms with Gasteiger partial charge in [-0.2, -0.15) is 0 Å². The van der Waals surface area contributed by atoms with Crippen molar-refractivity contribution in [2.24, 2.45) is 0 Å². The Morgan fingerprint density at radius 1 is 1.05 bits per heavy atom. The molecule has 0 saturated heterocycles. The summed E-state index contributed by atoms with van der Waals surface area (Å²) in [5.74, 6) is 0.511. The first kappa shape index (κ1) is 13.4. The van der Waals surface area contributed by atoms with Crippen molar-refractivity contribution in [2.45, 2.75) is 19.8 Å². The van der Waals surface area contributed by atoms with Crippen molar-refractivity contribution >= 4 is 28.0 Å². The second-order valence-corrected chi connectivity index (χ2v) is 5.54. The maximum absolute atomic E-state index is 5.89. The molecule has 0 aliphatic heterocycles. The Labute approximate surface area is 124 Å². The Kier molecular flexibility index (Phi) is 3.48. The van der Waals surface area contributed by atoms with Gasteiger partial charge in [-0.1, -0.05) is 26.0 Å². The zero-order valence-electron chi connectivity index (χ0n) is 12.3. The minimum absolute atomic E-state index is 0.511. The molecular weight excluding hydrogens is 258 g/mol. The molecule has 3 N–H and O–H groups in total. The van der Waals surface area contributed by atoms with Crippen LogP contribution in [0.25, 0.3) is 10.9 Å². The third-order valence-corrected chi connectivity index (χ3v) is 3.60. The first-order valence-corrected chi connectivity index (χ1v) is 7.15. The first-order valence-electron chi connectivity index (χ1n) is 7.15. The number of hydrogen-bond acceptors (Lipinski definition) is 3. The van der Waals surface area contributed by atoms with Crippen LogP contribution >= 0.6 is 0 Å². The molecule has 3 rings (SSSR count). The van der Waals surface area contributed by atoms with E-state index in [2.05, 4.69) is 48.4 Å². The van der Waals surface area contributed by atoms with E-state index >= 15 is 0 Å². The highest BCUT2D eigenvalue weighted by molar-refractivity contribution is 5.94. The van der Waals surface area contributed by atoms with Crippen molar-refractivity contribution in [3.8, 4) is 0 Å². The Bertz CT molecular complexity index is 778. The number of benzene rings is 2. The molecule has 1 aromatic heterocycles. The molecule has 0 unspecified atom stereocenters. The van der Waals surface area contributed by atoms with E-state index in [4.69, 9.17) is 5.73 Å². The van der Waals surface area contributed by atoms with Gasteiger partial charge in [0.15, 0.2) is 0 Å². The number of nitrogens with one attached hydrogen (secondary N) is 1. The minimum atomic E-state index is 0.511. The van der Waals surface area contributed by atoms with Crippen LogP contribution in [0.3, 0.4) is 0 Å².